The molecule has 2 saturated heterocycles. The first-order chi connectivity index (χ1) is 35.1. The second-order valence-electron chi connectivity index (χ2n) is 16.9. The van der Waals surface area contributed by atoms with Crippen LogP contribution >= 0.6 is 0 Å². The molecule has 8 rings (SSSR count). The molecule has 16 nitrogen and oxygen atoms in total. The molecule has 2 N–H and O–H groups in total. The van der Waals surface area contributed by atoms with Crippen molar-refractivity contribution in [3.63, 3.8) is 0 Å². The lowest BCUT2D eigenvalue weighted by molar-refractivity contribution is -0.347. The fraction of sp³-hybridized carbons (Fsp3) is 0.268. The number of hydrogen-bond acceptors (Lipinski definition) is 15. The third-order valence-electron chi connectivity index (χ3n) is 11.7. The lowest BCUT2D eigenvalue weighted by atomic mass is 9.94. The van der Waals surface area contributed by atoms with E-state index in [1.165, 1.54) is 43.3 Å². The summed E-state index contributed by atoms with van der Waals surface area (Å²) in [7, 11) is 0. The van der Waals surface area contributed by atoms with Crippen molar-refractivity contribution >= 4 is 29.8 Å². The second kappa shape index (κ2) is 25.0. The summed E-state index contributed by atoms with van der Waals surface area (Å²) in [6, 6.07) is 49.2. The lowest BCUT2D eigenvalue weighted by Gasteiger charge is -2.49. The van der Waals surface area contributed by atoms with E-state index < -0.39 is 97.7 Å². The van der Waals surface area contributed by atoms with E-state index in [0.717, 1.165) is 11.1 Å². The number of benzene rings is 6. The highest BCUT2D eigenvalue weighted by Crippen LogP contribution is 2.36. The monoisotopic (exact) mass is 979 g/mol. The van der Waals surface area contributed by atoms with Gasteiger partial charge in [-0.1, -0.05) is 133 Å². The first-order valence-corrected chi connectivity index (χ1v) is 23.3. The molecular weight excluding hydrogens is 927 g/mol. The van der Waals surface area contributed by atoms with E-state index >= 15 is 0 Å². The number of rotatable bonds is 19. The summed E-state index contributed by atoms with van der Waals surface area (Å²) >= 11 is 0. The third kappa shape index (κ3) is 13.4. The fourth-order valence-electron chi connectivity index (χ4n) is 8.23. The topological polar surface area (TPSA) is 201 Å². The highest BCUT2D eigenvalue weighted by atomic mass is 16.8. The van der Waals surface area contributed by atoms with Crippen molar-refractivity contribution in [2.45, 2.75) is 81.5 Å². The summed E-state index contributed by atoms with van der Waals surface area (Å²) < 4.78 is 57.3. The van der Waals surface area contributed by atoms with E-state index in [4.69, 9.17) is 42.6 Å². The average molecular weight is 980 g/mol. The molecule has 372 valence electrons. The Labute approximate surface area is 415 Å². The molecule has 6 aromatic rings. The van der Waals surface area contributed by atoms with Gasteiger partial charge >= 0.3 is 23.9 Å². The van der Waals surface area contributed by atoms with E-state index in [1.54, 1.807) is 84.9 Å². The molecule has 0 spiro atoms. The van der Waals surface area contributed by atoms with Crippen LogP contribution in [0.15, 0.2) is 182 Å². The summed E-state index contributed by atoms with van der Waals surface area (Å²) in [6.45, 7) is 0.491. The van der Waals surface area contributed by atoms with Crippen molar-refractivity contribution in [3.8, 4) is 0 Å². The van der Waals surface area contributed by atoms with Crippen LogP contribution in [0.3, 0.4) is 0 Å². The van der Waals surface area contributed by atoms with E-state index in [2.05, 4.69) is 5.32 Å². The number of carbonyl (C=O) groups excluding carboxylic acids is 5. The Morgan fingerprint density at radius 1 is 0.472 bits per heavy atom. The maximum Gasteiger partial charge on any atom is 0.338 e. The molecule has 6 aromatic carbocycles. The van der Waals surface area contributed by atoms with Gasteiger partial charge in [-0.05, 0) is 59.7 Å². The van der Waals surface area contributed by atoms with Crippen molar-refractivity contribution in [3.05, 3.63) is 215 Å². The summed E-state index contributed by atoms with van der Waals surface area (Å²) in [6.07, 6.45) is -14.0. The van der Waals surface area contributed by atoms with Crippen LogP contribution in [0, 0.1) is 0 Å². The minimum Gasteiger partial charge on any atom is -0.459 e. The summed E-state index contributed by atoms with van der Waals surface area (Å²) in [5, 5.41) is 14.4. The Morgan fingerprint density at radius 2 is 0.889 bits per heavy atom. The number of ether oxygens (including phenoxy) is 9. The van der Waals surface area contributed by atoms with Crippen LogP contribution in [0.25, 0.3) is 0 Å². The van der Waals surface area contributed by atoms with Crippen LogP contribution in [-0.2, 0) is 60.6 Å². The maximum atomic E-state index is 14.3. The number of nitrogens with one attached hydrogen (secondary N) is 1. The van der Waals surface area contributed by atoms with Crippen LogP contribution in [0.2, 0.25) is 0 Å². The zero-order valence-corrected chi connectivity index (χ0v) is 39.1. The molecule has 0 saturated carbocycles. The molecule has 2 aliphatic rings. The van der Waals surface area contributed by atoms with Gasteiger partial charge in [0.1, 0.15) is 37.1 Å². The zero-order chi connectivity index (χ0) is 50.2. The molecule has 0 bridgehead atoms. The van der Waals surface area contributed by atoms with E-state index in [1.807, 2.05) is 60.7 Å². The number of aliphatic hydroxyl groups excluding tert-OH is 1. The lowest BCUT2D eigenvalue weighted by Crippen LogP contribution is -2.68. The third-order valence-corrected chi connectivity index (χ3v) is 11.7. The van der Waals surface area contributed by atoms with Crippen LogP contribution in [0.5, 0.6) is 0 Å². The van der Waals surface area contributed by atoms with Crippen LogP contribution < -0.4 is 5.32 Å². The molecule has 72 heavy (non-hydrogen) atoms. The van der Waals surface area contributed by atoms with Crippen LogP contribution in [-0.4, -0.2) is 109 Å². The summed E-state index contributed by atoms with van der Waals surface area (Å²) in [5.74, 6) is -4.00. The Hall–Kier alpha value is -7.57. The number of amides is 1. The first kappa shape index (κ1) is 50.8. The van der Waals surface area contributed by atoms with Gasteiger partial charge in [-0.3, -0.25) is 4.79 Å². The number of esters is 4. The van der Waals surface area contributed by atoms with E-state index in [0.29, 0.717) is 0 Å². The minimum atomic E-state index is -1.81. The van der Waals surface area contributed by atoms with Gasteiger partial charge in [0.05, 0.1) is 42.1 Å². The Bertz CT molecular complexity index is 2680. The van der Waals surface area contributed by atoms with Gasteiger partial charge in [0.15, 0.2) is 30.9 Å². The Morgan fingerprint density at radius 3 is 1.38 bits per heavy atom. The van der Waals surface area contributed by atoms with Gasteiger partial charge in [-0.15, -0.1) is 0 Å². The zero-order valence-electron chi connectivity index (χ0n) is 39.1. The molecule has 2 fully saturated rings. The highest BCUT2D eigenvalue weighted by molar-refractivity contribution is 5.91. The summed E-state index contributed by atoms with van der Waals surface area (Å²) in [4.78, 5) is 69.2. The Kier molecular flexibility index (Phi) is 17.6. The van der Waals surface area contributed by atoms with Crippen molar-refractivity contribution in [1.82, 2.24) is 5.32 Å². The van der Waals surface area contributed by atoms with Crippen LogP contribution in [0.1, 0.15) is 59.5 Å². The molecule has 16 heteroatoms. The summed E-state index contributed by atoms with van der Waals surface area (Å²) in [5.41, 5.74) is 2.05. The molecule has 0 radical (unpaired) electrons. The molecule has 0 unspecified atom stereocenters. The molecule has 2 aliphatic heterocycles. The number of aliphatic hydroxyl groups is 1. The number of hydrogen-bond donors (Lipinski definition) is 2. The molecule has 2 heterocycles. The SMILES string of the molecule is CC(=O)N[C@@H]1[C@@H](OCc2ccccc2)[C@H](O[C@H]2O[C@H](COC(=O)c3ccccc3)[C@@H](OC(=O)c3ccccc3)[C@H](OC(=O)c3ccccc3)[C@H]2OC(=O)c2ccccc2)[C@@H](COCc2ccccc2)O[C@H]1O. The van der Waals surface area contributed by atoms with Crippen molar-refractivity contribution in [2.24, 2.45) is 0 Å². The molecule has 1 amide bonds. The van der Waals surface area contributed by atoms with E-state index in [9.17, 15) is 29.1 Å². The van der Waals surface area contributed by atoms with Gasteiger partial charge in [0, 0.05) is 6.92 Å². The predicted octanol–water partition coefficient (Wildman–Crippen LogP) is 6.65. The van der Waals surface area contributed by atoms with Gasteiger partial charge in [-0.25, -0.2) is 19.2 Å². The average Bonchev–Trinajstić information content (AvgIpc) is 3.41. The van der Waals surface area contributed by atoms with Gasteiger partial charge < -0.3 is 53.1 Å². The Balaban J connectivity index is 1.24. The first-order valence-electron chi connectivity index (χ1n) is 23.3. The van der Waals surface area contributed by atoms with Crippen molar-refractivity contribution in [1.29, 1.82) is 0 Å². The minimum absolute atomic E-state index is 0.0450. The van der Waals surface area contributed by atoms with Crippen molar-refractivity contribution in [2.75, 3.05) is 13.2 Å². The van der Waals surface area contributed by atoms with Gasteiger partial charge in [0.2, 0.25) is 5.91 Å². The fourth-order valence-corrected chi connectivity index (χ4v) is 8.23. The van der Waals surface area contributed by atoms with E-state index in [-0.39, 0.29) is 42.1 Å². The van der Waals surface area contributed by atoms with Gasteiger partial charge in [0.25, 0.3) is 0 Å². The predicted molar refractivity (Wildman–Crippen MR) is 257 cm³/mol. The molecule has 0 aromatic heterocycles. The molecule has 10 atom stereocenters. The highest BCUT2D eigenvalue weighted by Gasteiger charge is 2.57. The second-order valence-corrected chi connectivity index (χ2v) is 16.9. The van der Waals surface area contributed by atoms with Crippen LogP contribution in [0.4, 0.5) is 0 Å². The van der Waals surface area contributed by atoms with Crippen molar-refractivity contribution < 1.29 is 71.7 Å². The molecule has 0 aliphatic carbocycles. The standard InChI is InChI=1S/C56H53NO15/c1-36(58)57-45-48(65-33-38-22-10-3-11-23-38)46(43(67-55(45)63)34-64-32-37-20-8-2-9-21-37)72-56-50(71-54(62)42-30-18-7-19-31-42)49(70-53(61)41-28-16-6-17-29-41)47(69-52(60)40-26-14-5-15-27-40)44(68-56)35-66-51(59)39-24-12-4-13-25-39/h2-31,43-50,55-56,63H,32-35H2,1H3,(H,57,58)/t43-,44-,45-,46-,47-,48-,49+,50-,55-,56-/m1/s1. The maximum absolute atomic E-state index is 14.3. The smallest absolute Gasteiger partial charge is 0.338 e. The number of carbonyl (C=O) groups is 5. The van der Waals surface area contributed by atoms with Gasteiger partial charge in [-0.2, -0.15) is 0 Å². The molecular formula is C56H53NO15. The normalized spacial score (nSPS) is 23.7. The largest absolute Gasteiger partial charge is 0.459 e. The quantitative estimate of drug-likeness (QED) is 0.0645.